The molecule has 0 saturated carbocycles. The Hall–Kier alpha value is -1.26. The van der Waals surface area contributed by atoms with Crippen LogP contribution in [0.25, 0.3) is 0 Å². The predicted octanol–water partition coefficient (Wildman–Crippen LogP) is 3.28. The van der Waals surface area contributed by atoms with Gasteiger partial charge in [-0.25, -0.2) is 0 Å². The van der Waals surface area contributed by atoms with Crippen LogP contribution in [0.2, 0.25) is 0 Å². The van der Waals surface area contributed by atoms with Crippen LogP contribution in [0.1, 0.15) is 32.8 Å². The van der Waals surface area contributed by atoms with E-state index >= 15 is 0 Å². The van der Waals surface area contributed by atoms with Crippen LogP contribution in [-0.2, 0) is 16.0 Å². The Labute approximate surface area is 135 Å². The summed E-state index contributed by atoms with van der Waals surface area (Å²) in [6, 6.07) is 7.18. The second-order valence-electron chi connectivity index (χ2n) is 5.10. The molecule has 1 aromatic carbocycles. The summed E-state index contributed by atoms with van der Waals surface area (Å²) in [6.45, 7) is 5.36. The lowest BCUT2D eigenvalue weighted by Crippen LogP contribution is -2.33. The molecule has 1 rings (SSSR count). The number of benzene rings is 1. The first-order valence-electron chi connectivity index (χ1n) is 6.80. The lowest BCUT2D eigenvalue weighted by molar-refractivity contribution is -0.121. The third-order valence-electron chi connectivity index (χ3n) is 2.97. The molecular weight excluding hydrogens is 311 g/mol. The highest BCUT2D eigenvalue weighted by Gasteiger charge is 2.27. The standard InChI is InChI=1S/C15H20Cl2N2O2/c1-4-10(2)18-13(20)9-11-6-5-7-12(8-11)19-14(21)15(3,16)17/h5-8,10H,4,9H2,1-3H3,(H,18,20)(H,19,21). The van der Waals surface area contributed by atoms with Crippen LogP contribution in [0.3, 0.4) is 0 Å². The van der Waals surface area contributed by atoms with Gasteiger partial charge in [0.05, 0.1) is 6.42 Å². The normalized spacial score (nSPS) is 12.6. The van der Waals surface area contributed by atoms with E-state index in [2.05, 4.69) is 10.6 Å². The van der Waals surface area contributed by atoms with Crippen molar-refractivity contribution in [1.82, 2.24) is 5.32 Å². The number of amides is 2. The molecule has 0 heterocycles. The molecule has 0 saturated heterocycles. The molecule has 2 amide bonds. The van der Waals surface area contributed by atoms with Crippen LogP contribution >= 0.6 is 23.2 Å². The maximum atomic E-state index is 11.8. The van der Waals surface area contributed by atoms with E-state index in [0.29, 0.717) is 5.69 Å². The number of nitrogens with one attached hydrogen (secondary N) is 2. The number of alkyl halides is 2. The molecule has 0 aliphatic heterocycles. The number of hydrogen-bond acceptors (Lipinski definition) is 2. The molecule has 2 N–H and O–H groups in total. The molecule has 1 aromatic rings. The maximum Gasteiger partial charge on any atom is 0.260 e. The van der Waals surface area contributed by atoms with Crippen molar-refractivity contribution in [3.05, 3.63) is 29.8 Å². The van der Waals surface area contributed by atoms with Gasteiger partial charge < -0.3 is 10.6 Å². The number of carbonyl (C=O) groups is 2. The van der Waals surface area contributed by atoms with Gasteiger partial charge in [0.1, 0.15) is 0 Å². The minimum Gasteiger partial charge on any atom is -0.353 e. The third-order valence-corrected chi connectivity index (χ3v) is 3.31. The summed E-state index contributed by atoms with van der Waals surface area (Å²) in [5, 5.41) is 5.51. The minimum absolute atomic E-state index is 0.0487. The largest absolute Gasteiger partial charge is 0.353 e. The Morgan fingerprint density at radius 3 is 2.57 bits per heavy atom. The monoisotopic (exact) mass is 330 g/mol. The molecule has 0 radical (unpaired) electrons. The molecule has 1 atom stereocenters. The lowest BCUT2D eigenvalue weighted by Gasteiger charge is -2.14. The first-order valence-corrected chi connectivity index (χ1v) is 7.55. The molecule has 1 unspecified atom stereocenters. The first kappa shape index (κ1) is 17.8. The van der Waals surface area contributed by atoms with E-state index in [4.69, 9.17) is 23.2 Å². The Morgan fingerprint density at radius 1 is 1.33 bits per heavy atom. The number of rotatable bonds is 6. The van der Waals surface area contributed by atoms with E-state index in [1.165, 1.54) is 6.92 Å². The Balaban J connectivity index is 2.68. The van der Waals surface area contributed by atoms with Crippen molar-refractivity contribution in [2.24, 2.45) is 0 Å². The van der Waals surface area contributed by atoms with Crippen LogP contribution in [0.5, 0.6) is 0 Å². The van der Waals surface area contributed by atoms with E-state index in [-0.39, 0.29) is 18.4 Å². The second-order valence-corrected chi connectivity index (χ2v) is 6.80. The van der Waals surface area contributed by atoms with Gasteiger partial charge in [0, 0.05) is 11.7 Å². The fourth-order valence-electron chi connectivity index (χ4n) is 1.61. The average molecular weight is 331 g/mol. The summed E-state index contributed by atoms with van der Waals surface area (Å²) >= 11 is 11.4. The smallest absolute Gasteiger partial charge is 0.260 e. The van der Waals surface area contributed by atoms with Crippen LogP contribution in [0.15, 0.2) is 24.3 Å². The van der Waals surface area contributed by atoms with E-state index in [1.807, 2.05) is 19.9 Å². The Morgan fingerprint density at radius 2 is 2.00 bits per heavy atom. The van der Waals surface area contributed by atoms with Gasteiger partial charge in [-0.1, -0.05) is 42.3 Å². The molecule has 116 valence electrons. The van der Waals surface area contributed by atoms with Gasteiger partial charge in [0.25, 0.3) is 5.91 Å². The Bertz CT molecular complexity index is 513. The average Bonchev–Trinajstić information content (AvgIpc) is 2.37. The van der Waals surface area contributed by atoms with Crippen LogP contribution < -0.4 is 10.6 Å². The van der Waals surface area contributed by atoms with Gasteiger partial charge in [-0.05, 0) is 38.0 Å². The third kappa shape index (κ3) is 6.36. The molecule has 0 aliphatic carbocycles. The first-order chi connectivity index (χ1) is 9.72. The lowest BCUT2D eigenvalue weighted by atomic mass is 10.1. The quantitative estimate of drug-likeness (QED) is 0.786. The molecule has 4 nitrogen and oxygen atoms in total. The number of anilines is 1. The summed E-state index contributed by atoms with van der Waals surface area (Å²) in [5.41, 5.74) is 1.36. The SMILES string of the molecule is CCC(C)NC(=O)Cc1cccc(NC(=O)C(C)(Cl)Cl)c1. The minimum atomic E-state index is -1.50. The fraction of sp³-hybridized carbons (Fsp3) is 0.467. The molecule has 0 fully saturated rings. The molecule has 0 bridgehead atoms. The van der Waals surface area contributed by atoms with Crippen molar-refractivity contribution in [2.75, 3.05) is 5.32 Å². The number of hydrogen-bond donors (Lipinski definition) is 2. The van der Waals surface area contributed by atoms with Crippen molar-refractivity contribution < 1.29 is 9.59 Å². The highest BCUT2D eigenvalue weighted by molar-refractivity contribution is 6.58. The fourth-order valence-corrected chi connectivity index (χ4v) is 1.71. The molecule has 0 aromatic heterocycles. The van der Waals surface area contributed by atoms with Crippen molar-refractivity contribution >= 4 is 40.7 Å². The topological polar surface area (TPSA) is 58.2 Å². The molecule has 21 heavy (non-hydrogen) atoms. The van der Waals surface area contributed by atoms with Crippen molar-refractivity contribution in [2.45, 2.75) is 44.0 Å². The van der Waals surface area contributed by atoms with E-state index < -0.39 is 10.2 Å². The van der Waals surface area contributed by atoms with Gasteiger partial charge in [0.15, 0.2) is 4.33 Å². The van der Waals surface area contributed by atoms with Gasteiger partial charge in [-0.15, -0.1) is 0 Å². The van der Waals surface area contributed by atoms with E-state index in [9.17, 15) is 9.59 Å². The summed E-state index contributed by atoms with van der Waals surface area (Å²) in [5.74, 6) is -0.556. The van der Waals surface area contributed by atoms with Crippen LogP contribution in [0.4, 0.5) is 5.69 Å². The summed E-state index contributed by atoms with van der Waals surface area (Å²) in [4.78, 5) is 23.5. The van der Waals surface area contributed by atoms with E-state index in [0.717, 1.165) is 12.0 Å². The Kier molecular flexibility index (Phi) is 6.49. The highest BCUT2D eigenvalue weighted by atomic mass is 35.5. The van der Waals surface area contributed by atoms with Gasteiger partial charge in [-0.3, -0.25) is 9.59 Å². The zero-order valence-electron chi connectivity index (χ0n) is 12.4. The molecule has 6 heteroatoms. The molecule has 0 spiro atoms. The molecular formula is C15H20Cl2N2O2. The van der Waals surface area contributed by atoms with E-state index in [1.54, 1.807) is 18.2 Å². The van der Waals surface area contributed by atoms with Crippen molar-refractivity contribution in [3.63, 3.8) is 0 Å². The zero-order chi connectivity index (χ0) is 16.0. The highest BCUT2D eigenvalue weighted by Crippen LogP contribution is 2.22. The zero-order valence-corrected chi connectivity index (χ0v) is 13.9. The van der Waals surface area contributed by atoms with Gasteiger partial charge >= 0.3 is 0 Å². The van der Waals surface area contributed by atoms with Gasteiger partial charge in [-0.2, -0.15) is 0 Å². The maximum absolute atomic E-state index is 11.8. The van der Waals surface area contributed by atoms with Crippen LogP contribution in [-0.4, -0.2) is 22.2 Å². The summed E-state index contributed by atoms with van der Waals surface area (Å²) in [6.07, 6.45) is 1.14. The summed E-state index contributed by atoms with van der Waals surface area (Å²) in [7, 11) is 0. The second kappa shape index (κ2) is 7.66. The van der Waals surface area contributed by atoms with Gasteiger partial charge in [0.2, 0.25) is 5.91 Å². The molecule has 0 aliphatic rings. The van der Waals surface area contributed by atoms with Crippen LogP contribution in [0, 0.1) is 0 Å². The van der Waals surface area contributed by atoms with Crippen molar-refractivity contribution in [3.8, 4) is 0 Å². The predicted molar refractivity (Wildman–Crippen MR) is 86.8 cm³/mol. The number of carbonyl (C=O) groups excluding carboxylic acids is 2. The van der Waals surface area contributed by atoms with Crippen molar-refractivity contribution in [1.29, 1.82) is 0 Å². The summed E-state index contributed by atoms with van der Waals surface area (Å²) < 4.78 is -1.50. The number of halogens is 2.